The van der Waals surface area contributed by atoms with Crippen molar-refractivity contribution in [3.05, 3.63) is 22.8 Å². The van der Waals surface area contributed by atoms with E-state index in [1.54, 1.807) is 18.2 Å². The van der Waals surface area contributed by atoms with Crippen molar-refractivity contribution in [3.8, 4) is 0 Å². The van der Waals surface area contributed by atoms with Gasteiger partial charge in [-0.25, -0.2) is 4.98 Å². The van der Waals surface area contributed by atoms with Gasteiger partial charge in [0, 0.05) is 6.42 Å². The molecule has 1 aromatic heterocycles. The van der Waals surface area contributed by atoms with Crippen molar-refractivity contribution in [2.75, 3.05) is 5.32 Å². The van der Waals surface area contributed by atoms with Gasteiger partial charge in [-0.05, 0) is 34.5 Å². The second kappa shape index (κ2) is 4.61. The van der Waals surface area contributed by atoms with Gasteiger partial charge >= 0.3 is 0 Å². The van der Waals surface area contributed by atoms with Gasteiger partial charge in [0.05, 0.1) is 0 Å². The van der Waals surface area contributed by atoms with Crippen molar-refractivity contribution in [3.63, 3.8) is 0 Å². The van der Waals surface area contributed by atoms with E-state index in [0.29, 0.717) is 23.3 Å². The molecule has 2 amide bonds. The van der Waals surface area contributed by atoms with E-state index in [9.17, 15) is 9.59 Å². The lowest BCUT2D eigenvalue weighted by atomic mass is 10.2. The van der Waals surface area contributed by atoms with Crippen molar-refractivity contribution < 1.29 is 9.59 Å². The molecule has 1 aliphatic rings. The highest BCUT2D eigenvalue weighted by molar-refractivity contribution is 9.10. The van der Waals surface area contributed by atoms with E-state index in [-0.39, 0.29) is 11.8 Å². The monoisotopic (exact) mass is 283 g/mol. The van der Waals surface area contributed by atoms with E-state index in [2.05, 4.69) is 31.5 Å². The number of halogens is 1. The predicted octanol–water partition coefficient (Wildman–Crippen LogP) is 1.06. The maximum atomic E-state index is 11.7. The number of anilines is 1. The lowest BCUT2D eigenvalue weighted by molar-refractivity contribution is -0.122. The molecule has 0 aliphatic carbocycles. The Bertz CT molecular complexity index is 436. The molecule has 2 N–H and O–H groups in total. The van der Waals surface area contributed by atoms with Crippen LogP contribution in [0.5, 0.6) is 0 Å². The quantitative estimate of drug-likeness (QED) is 0.798. The Balaban J connectivity index is 1.99. The molecule has 0 radical (unpaired) electrons. The van der Waals surface area contributed by atoms with E-state index >= 15 is 0 Å². The Labute approximate surface area is 101 Å². The van der Waals surface area contributed by atoms with Crippen LogP contribution in [0.15, 0.2) is 22.8 Å². The molecule has 1 unspecified atom stereocenters. The normalized spacial score (nSPS) is 19.3. The van der Waals surface area contributed by atoms with Crippen molar-refractivity contribution in [2.24, 2.45) is 0 Å². The second-order valence-electron chi connectivity index (χ2n) is 3.49. The molecule has 0 bridgehead atoms. The average molecular weight is 284 g/mol. The maximum Gasteiger partial charge on any atom is 0.248 e. The Hall–Kier alpha value is -1.43. The smallest absolute Gasteiger partial charge is 0.248 e. The molecule has 0 spiro atoms. The highest BCUT2D eigenvalue weighted by atomic mass is 79.9. The first-order chi connectivity index (χ1) is 7.65. The molecule has 1 atom stereocenters. The third-order valence-corrected chi connectivity index (χ3v) is 2.72. The molecule has 1 saturated heterocycles. The van der Waals surface area contributed by atoms with Crippen LogP contribution in [0.3, 0.4) is 0 Å². The van der Waals surface area contributed by atoms with Crippen LogP contribution in [-0.4, -0.2) is 22.8 Å². The van der Waals surface area contributed by atoms with Crippen LogP contribution in [0.2, 0.25) is 0 Å². The SMILES string of the molecule is O=C1CCC(C(=O)Nc2cccc(Br)n2)N1. The molecular formula is C10H10BrN3O2. The second-order valence-corrected chi connectivity index (χ2v) is 4.31. The number of pyridine rings is 1. The van der Waals surface area contributed by atoms with Crippen LogP contribution in [0.1, 0.15) is 12.8 Å². The highest BCUT2D eigenvalue weighted by Gasteiger charge is 2.27. The summed E-state index contributed by atoms with van der Waals surface area (Å²) in [5, 5.41) is 5.25. The van der Waals surface area contributed by atoms with Gasteiger partial charge in [0.25, 0.3) is 0 Å². The van der Waals surface area contributed by atoms with Gasteiger partial charge in [0.1, 0.15) is 16.5 Å². The van der Waals surface area contributed by atoms with Crippen LogP contribution >= 0.6 is 15.9 Å². The Morgan fingerprint density at radius 2 is 2.38 bits per heavy atom. The fourth-order valence-electron chi connectivity index (χ4n) is 1.50. The Kier molecular flexibility index (Phi) is 3.19. The van der Waals surface area contributed by atoms with Gasteiger partial charge < -0.3 is 10.6 Å². The number of aromatic nitrogens is 1. The number of nitrogens with zero attached hydrogens (tertiary/aromatic N) is 1. The zero-order chi connectivity index (χ0) is 11.5. The number of amides is 2. The fourth-order valence-corrected chi connectivity index (χ4v) is 1.85. The fraction of sp³-hybridized carbons (Fsp3) is 0.300. The molecule has 0 aromatic carbocycles. The highest BCUT2D eigenvalue weighted by Crippen LogP contribution is 2.12. The van der Waals surface area contributed by atoms with Gasteiger partial charge in [0.2, 0.25) is 11.8 Å². The molecule has 1 aliphatic heterocycles. The lowest BCUT2D eigenvalue weighted by Crippen LogP contribution is -2.37. The van der Waals surface area contributed by atoms with E-state index < -0.39 is 6.04 Å². The number of hydrogen-bond acceptors (Lipinski definition) is 3. The topological polar surface area (TPSA) is 71.1 Å². The summed E-state index contributed by atoms with van der Waals surface area (Å²) in [7, 11) is 0. The molecule has 2 heterocycles. The number of rotatable bonds is 2. The summed E-state index contributed by atoms with van der Waals surface area (Å²) >= 11 is 3.21. The summed E-state index contributed by atoms with van der Waals surface area (Å²) in [6.07, 6.45) is 0.947. The Morgan fingerprint density at radius 3 is 3.00 bits per heavy atom. The van der Waals surface area contributed by atoms with E-state index in [1.807, 2.05) is 0 Å². The van der Waals surface area contributed by atoms with Crippen molar-refractivity contribution in [1.29, 1.82) is 0 Å². The lowest BCUT2D eigenvalue weighted by Gasteiger charge is -2.10. The largest absolute Gasteiger partial charge is 0.344 e. The number of carbonyl (C=O) groups excluding carboxylic acids is 2. The zero-order valence-electron chi connectivity index (χ0n) is 8.37. The van der Waals surface area contributed by atoms with E-state index in [0.717, 1.165) is 0 Å². The van der Waals surface area contributed by atoms with Crippen LogP contribution < -0.4 is 10.6 Å². The summed E-state index contributed by atoms with van der Waals surface area (Å²) < 4.78 is 0.653. The first-order valence-electron chi connectivity index (χ1n) is 4.88. The summed E-state index contributed by atoms with van der Waals surface area (Å²) in [5.41, 5.74) is 0. The van der Waals surface area contributed by atoms with Gasteiger partial charge in [-0.1, -0.05) is 6.07 Å². The minimum atomic E-state index is -0.437. The number of nitrogens with one attached hydrogen (secondary N) is 2. The molecule has 16 heavy (non-hydrogen) atoms. The average Bonchev–Trinajstić information content (AvgIpc) is 2.65. The van der Waals surface area contributed by atoms with Crippen molar-refractivity contribution in [2.45, 2.75) is 18.9 Å². The van der Waals surface area contributed by atoms with Crippen molar-refractivity contribution in [1.82, 2.24) is 10.3 Å². The summed E-state index contributed by atoms with van der Waals surface area (Å²) in [6.45, 7) is 0. The van der Waals surface area contributed by atoms with E-state index in [4.69, 9.17) is 0 Å². The molecule has 5 nitrogen and oxygen atoms in total. The molecular weight excluding hydrogens is 274 g/mol. The predicted molar refractivity (Wildman–Crippen MR) is 61.7 cm³/mol. The van der Waals surface area contributed by atoms with Crippen LogP contribution in [0, 0.1) is 0 Å². The zero-order valence-corrected chi connectivity index (χ0v) is 9.95. The summed E-state index contributed by atoms with van der Waals surface area (Å²) in [4.78, 5) is 26.7. The third-order valence-electron chi connectivity index (χ3n) is 2.28. The third kappa shape index (κ3) is 2.57. The van der Waals surface area contributed by atoms with Gasteiger partial charge in [-0.15, -0.1) is 0 Å². The Morgan fingerprint density at radius 1 is 1.56 bits per heavy atom. The minimum Gasteiger partial charge on any atom is -0.344 e. The van der Waals surface area contributed by atoms with Gasteiger partial charge in [-0.3, -0.25) is 9.59 Å². The van der Waals surface area contributed by atoms with Crippen LogP contribution in [0.25, 0.3) is 0 Å². The minimum absolute atomic E-state index is 0.0812. The molecule has 84 valence electrons. The molecule has 1 fully saturated rings. The van der Waals surface area contributed by atoms with Crippen LogP contribution in [-0.2, 0) is 9.59 Å². The molecule has 0 saturated carbocycles. The standard InChI is InChI=1S/C10H10BrN3O2/c11-7-2-1-3-8(13-7)14-10(16)6-4-5-9(15)12-6/h1-3,6H,4-5H2,(H,12,15)(H,13,14,16). The van der Waals surface area contributed by atoms with E-state index in [1.165, 1.54) is 0 Å². The number of hydrogen-bond donors (Lipinski definition) is 2. The first-order valence-corrected chi connectivity index (χ1v) is 5.67. The van der Waals surface area contributed by atoms with Gasteiger partial charge in [-0.2, -0.15) is 0 Å². The summed E-state index contributed by atoms with van der Waals surface area (Å²) in [6, 6.07) is 4.81. The first kappa shape index (κ1) is 11.1. The number of carbonyl (C=O) groups is 2. The molecule has 2 rings (SSSR count). The van der Waals surface area contributed by atoms with Gasteiger partial charge in [0.15, 0.2) is 0 Å². The van der Waals surface area contributed by atoms with Crippen LogP contribution in [0.4, 0.5) is 5.82 Å². The maximum absolute atomic E-state index is 11.7. The molecule has 1 aromatic rings. The molecule has 6 heteroatoms. The van der Waals surface area contributed by atoms with Crippen molar-refractivity contribution >= 4 is 33.6 Å². The summed E-state index contributed by atoms with van der Waals surface area (Å²) in [5.74, 6) is 0.166.